The number of fused-ring (bicyclic) bond motifs is 1. The second kappa shape index (κ2) is 5.85. The summed E-state index contributed by atoms with van der Waals surface area (Å²) in [6, 6.07) is 4.05. The van der Waals surface area contributed by atoms with Gasteiger partial charge in [-0.1, -0.05) is 19.4 Å². The molecule has 0 radical (unpaired) electrons. The van der Waals surface area contributed by atoms with Gasteiger partial charge in [-0.15, -0.1) is 0 Å². The van der Waals surface area contributed by atoms with Gasteiger partial charge < -0.3 is 9.64 Å². The predicted octanol–water partition coefficient (Wildman–Crippen LogP) is 2.68. The summed E-state index contributed by atoms with van der Waals surface area (Å²) >= 11 is 0. The van der Waals surface area contributed by atoms with Gasteiger partial charge in [0.25, 0.3) is 0 Å². The fourth-order valence-electron chi connectivity index (χ4n) is 2.08. The van der Waals surface area contributed by atoms with Gasteiger partial charge in [0, 0.05) is 24.4 Å². The van der Waals surface area contributed by atoms with Crippen LogP contribution in [0.15, 0.2) is 12.1 Å². The highest BCUT2D eigenvalue weighted by atomic mass is 16.6. The Hall–Kier alpha value is -1.58. The average molecular weight is 248 g/mol. The molecular weight excluding hydrogens is 228 g/mol. The van der Waals surface area contributed by atoms with Gasteiger partial charge in [-0.2, -0.15) is 0 Å². The molecule has 18 heavy (non-hydrogen) atoms. The number of carbonyl (C=O) groups excluding carboxylic acids is 1. The molecule has 1 aliphatic heterocycles. The summed E-state index contributed by atoms with van der Waals surface area (Å²) in [5.41, 5.74) is 3.29. The summed E-state index contributed by atoms with van der Waals surface area (Å²) in [5, 5.41) is 0. The first kappa shape index (κ1) is 12.9. The lowest BCUT2D eigenvalue weighted by atomic mass is 10.1. The van der Waals surface area contributed by atoms with E-state index in [0.29, 0.717) is 19.7 Å². The normalized spacial score (nSPS) is 14.2. The van der Waals surface area contributed by atoms with Crippen molar-refractivity contribution in [1.82, 2.24) is 9.88 Å². The van der Waals surface area contributed by atoms with Crippen molar-refractivity contribution in [2.45, 2.75) is 39.7 Å². The third-order valence-electron chi connectivity index (χ3n) is 3.17. The van der Waals surface area contributed by atoms with Crippen molar-refractivity contribution in [3.63, 3.8) is 0 Å². The van der Waals surface area contributed by atoms with Gasteiger partial charge in [-0.25, -0.2) is 4.79 Å². The molecule has 0 aromatic carbocycles. The standard InChI is InChI=1S/C14H20N2O2/c1-3-4-9-18-14(17)16-8-7-13-12(10-16)6-5-11(2)15-13/h5-6H,3-4,7-10H2,1-2H3. The van der Waals surface area contributed by atoms with Gasteiger partial charge in [0.2, 0.25) is 0 Å². The van der Waals surface area contributed by atoms with Crippen molar-refractivity contribution in [1.29, 1.82) is 0 Å². The largest absolute Gasteiger partial charge is 0.449 e. The van der Waals surface area contributed by atoms with E-state index in [4.69, 9.17) is 4.74 Å². The van der Waals surface area contributed by atoms with Crippen molar-refractivity contribution >= 4 is 6.09 Å². The van der Waals surface area contributed by atoms with Crippen molar-refractivity contribution in [2.75, 3.05) is 13.2 Å². The van der Waals surface area contributed by atoms with Crippen molar-refractivity contribution in [2.24, 2.45) is 0 Å². The van der Waals surface area contributed by atoms with Crippen LogP contribution in [0.25, 0.3) is 0 Å². The first-order chi connectivity index (χ1) is 8.70. The Balaban J connectivity index is 1.95. The van der Waals surface area contributed by atoms with E-state index < -0.39 is 0 Å². The van der Waals surface area contributed by atoms with Gasteiger partial charge in [0.1, 0.15) is 0 Å². The first-order valence-electron chi connectivity index (χ1n) is 6.58. The molecule has 1 amide bonds. The quantitative estimate of drug-likeness (QED) is 0.772. The van der Waals surface area contributed by atoms with Gasteiger partial charge in [0.15, 0.2) is 0 Å². The number of hydrogen-bond acceptors (Lipinski definition) is 3. The molecule has 0 unspecified atom stereocenters. The Morgan fingerprint density at radius 1 is 1.50 bits per heavy atom. The van der Waals surface area contributed by atoms with E-state index in [2.05, 4.69) is 18.0 Å². The number of pyridine rings is 1. The molecule has 0 atom stereocenters. The molecule has 98 valence electrons. The monoisotopic (exact) mass is 248 g/mol. The summed E-state index contributed by atoms with van der Waals surface area (Å²) in [4.78, 5) is 18.1. The Morgan fingerprint density at radius 2 is 2.33 bits per heavy atom. The molecule has 0 fully saturated rings. The lowest BCUT2D eigenvalue weighted by Gasteiger charge is -2.27. The van der Waals surface area contributed by atoms with Crippen LogP contribution in [0.2, 0.25) is 0 Å². The van der Waals surface area contributed by atoms with Crippen molar-refractivity contribution in [3.05, 3.63) is 29.1 Å². The van der Waals surface area contributed by atoms with Gasteiger partial charge in [-0.3, -0.25) is 4.98 Å². The van der Waals surface area contributed by atoms with Gasteiger partial charge >= 0.3 is 6.09 Å². The summed E-state index contributed by atoms with van der Waals surface area (Å²) < 4.78 is 5.23. The summed E-state index contributed by atoms with van der Waals surface area (Å²) in [7, 11) is 0. The number of rotatable bonds is 3. The molecule has 0 saturated heterocycles. The fourth-order valence-corrected chi connectivity index (χ4v) is 2.08. The highest BCUT2D eigenvalue weighted by molar-refractivity contribution is 5.68. The lowest BCUT2D eigenvalue weighted by Crippen LogP contribution is -2.36. The minimum Gasteiger partial charge on any atom is -0.449 e. The molecular formula is C14H20N2O2. The van der Waals surface area contributed by atoms with Crippen LogP contribution in [0.3, 0.4) is 0 Å². The zero-order chi connectivity index (χ0) is 13.0. The molecule has 1 aromatic rings. The smallest absolute Gasteiger partial charge is 0.410 e. The minimum atomic E-state index is -0.199. The first-order valence-corrected chi connectivity index (χ1v) is 6.58. The van der Waals surface area contributed by atoms with Crippen LogP contribution in [0, 0.1) is 6.92 Å². The molecule has 0 N–H and O–H groups in total. The van der Waals surface area contributed by atoms with E-state index in [0.717, 1.165) is 36.2 Å². The Kier molecular flexibility index (Phi) is 4.18. The second-order valence-electron chi connectivity index (χ2n) is 4.70. The number of amides is 1. The van der Waals surface area contributed by atoms with Crippen LogP contribution < -0.4 is 0 Å². The van der Waals surface area contributed by atoms with E-state index in [1.54, 1.807) is 4.90 Å². The zero-order valence-corrected chi connectivity index (χ0v) is 11.1. The molecule has 1 aromatic heterocycles. The maximum absolute atomic E-state index is 11.8. The Labute approximate surface area is 108 Å². The van der Waals surface area contributed by atoms with Gasteiger partial charge in [-0.05, 0) is 25.0 Å². The van der Waals surface area contributed by atoms with Crippen LogP contribution in [0.4, 0.5) is 4.79 Å². The number of carbonyl (C=O) groups is 1. The molecule has 2 heterocycles. The van der Waals surface area contributed by atoms with Crippen LogP contribution in [0.1, 0.15) is 36.7 Å². The Bertz CT molecular complexity index is 432. The molecule has 0 aliphatic carbocycles. The Morgan fingerprint density at radius 3 is 3.11 bits per heavy atom. The molecule has 4 heteroatoms. The number of unbranched alkanes of at least 4 members (excludes halogenated alkanes) is 1. The lowest BCUT2D eigenvalue weighted by molar-refractivity contribution is 0.0963. The van der Waals surface area contributed by atoms with Gasteiger partial charge in [0.05, 0.1) is 13.2 Å². The SMILES string of the molecule is CCCCOC(=O)N1CCc2nc(C)ccc2C1. The molecule has 0 bridgehead atoms. The summed E-state index contributed by atoms with van der Waals surface area (Å²) in [5.74, 6) is 0. The third-order valence-corrected chi connectivity index (χ3v) is 3.17. The molecule has 4 nitrogen and oxygen atoms in total. The number of aromatic nitrogens is 1. The topological polar surface area (TPSA) is 42.4 Å². The third kappa shape index (κ3) is 3.00. The highest BCUT2D eigenvalue weighted by Crippen LogP contribution is 2.18. The number of hydrogen-bond donors (Lipinski definition) is 0. The summed E-state index contributed by atoms with van der Waals surface area (Å²) in [6.45, 7) is 5.91. The van der Waals surface area contributed by atoms with Crippen LogP contribution >= 0.6 is 0 Å². The van der Waals surface area contributed by atoms with Crippen LogP contribution in [-0.2, 0) is 17.7 Å². The minimum absolute atomic E-state index is 0.199. The number of aryl methyl sites for hydroxylation is 1. The van der Waals surface area contributed by atoms with E-state index in [9.17, 15) is 4.79 Å². The van der Waals surface area contributed by atoms with Crippen molar-refractivity contribution in [3.8, 4) is 0 Å². The second-order valence-corrected chi connectivity index (χ2v) is 4.70. The average Bonchev–Trinajstić information content (AvgIpc) is 2.38. The van der Waals surface area contributed by atoms with E-state index in [-0.39, 0.29) is 6.09 Å². The van der Waals surface area contributed by atoms with Crippen LogP contribution in [0.5, 0.6) is 0 Å². The van der Waals surface area contributed by atoms with E-state index >= 15 is 0 Å². The number of ether oxygens (including phenoxy) is 1. The fraction of sp³-hybridized carbons (Fsp3) is 0.571. The van der Waals surface area contributed by atoms with Crippen LogP contribution in [-0.4, -0.2) is 29.1 Å². The molecule has 0 saturated carbocycles. The number of nitrogens with zero attached hydrogens (tertiary/aromatic N) is 2. The van der Waals surface area contributed by atoms with E-state index in [1.165, 1.54) is 0 Å². The molecule has 2 rings (SSSR count). The molecule has 1 aliphatic rings. The zero-order valence-electron chi connectivity index (χ0n) is 11.1. The predicted molar refractivity (Wildman–Crippen MR) is 69.3 cm³/mol. The maximum atomic E-state index is 11.8. The van der Waals surface area contributed by atoms with Crippen molar-refractivity contribution < 1.29 is 9.53 Å². The maximum Gasteiger partial charge on any atom is 0.410 e. The summed E-state index contributed by atoms with van der Waals surface area (Å²) in [6.07, 6.45) is 2.59. The highest BCUT2D eigenvalue weighted by Gasteiger charge is 2.22. The molecule has 0 spiro atoms. The van der Waals surface area contributed by atoms with E-state index in [1.807, 2.05) is 13.0 Å².